The van der Waals surface area contributed by atoms with Gasteiger partial charge in [0.05, 0.1) is 0 Å². The zero-order chi connectivity index (χ0) is 34.5. The molecule has 0 fully saturated rings. The molecule has 0 saturated heterocycles. The van der Waals surface area contributed by atoms with Crippen LogP contribution in [-0.4, -0.2) is 25.0 Å². The predicted molar refractivity (Wildman–Crippen MR) is 218 cm³/mol. The zero-order valence-electron chi connectivity index (χ0n) is 34.0. The molecule has 0 N–H and O–H groups in total. The Balaban J connectivity index is 3.80. The second-order valence-electron chi connectivity index (χ2n) is 16.3. The van der Waals surface area contributed by atoms with Crippen LogP contribution in [0.3, 0.4) is 0 Å². The molecule has 0 heterocycles. The maximum atomic E-state index is 4.57. The van der Waals surface area contributed by atoms with Gasteiger partial charge in [0, 0.05) is 6.54 Å². The van der Waals surface area contributed by atoms with E-state index in [0.29, 0.717) is 0 Å². The Kier molecular flexibility index (Phi) is 38.3. The molecule has 1 atom stereocenters. The van der Waals surface area contributed by atoms with E-state index in [9.17, 15) is 0 Å². The molecule has 47 heavy (non-hydrogen) atoms. The van der Waals surface area contributed by atoms with Gasteiger partial charge in [-0.05, 0) is 57.5 Å². The van der Waals surface area contributed by atoms with Gasteiger partial charge < -0.3 is 4.90 Å². The van der Waals surface area contributed by atoms with Gasteiger partial charge in [-0.2, -0.15) is 0 Å². The Hall–Kier alpha value is -0.300. The summed E-state index contributed by atoms with van der Waals surface area (Å²) in [6.45, 7) is 16.6. The summed E-state index contributed by atoms with van der Waals surface area (Å²) < 4.78 is 0. The van der Waals surface area contributed by atoms with E-state index in [1.54, 1.807) is 5.57 Å². The average Bonchev–Trinajstić information content (AvgIpc) is 3.05. The Morgan fingerprint density at radius 3 is 1.21 bits per heavy atom. The van der Waals surface area contributed by atoms with Crippen molar-refractivity contribution in [2.75, 3.05) is 20.1 Å². The van der Waals surface area contributed by atoms with Gasteiger partial charge in [0.15, 0.2) is 0 Å². The first-order valence-electron chi connectivity index (χ1n) is 22.4. The van der Waals surface area contributed by atoms with Gasteiger partial charge in [0.25, 0.3) is 0 Å². The summed E-state index contributed by atoms with van der Waals surface area (Å²) in [7, 11) is 2.36. The molecule has 0 aromatic heterocycles. The molecule has 0 radical (unpaired) electrons. The number of unbranched alkanes of at least 4 members (excludes halogenated alkanes) is 26. The van der Waals surface area contributed by atoms with Crippen LogP contribution in [0.2, 0.25) is 0 Å². The SMILES string of the molecule is C=C(CCCCCCCN(C)CC(C)CCCCCCCCCCCCCCC)CC(CCCCCCCC)CCCCCCCC. The van der Waals surface area contributed by atoms with Crippen molar-refractivity contribution >= 4 is 0 Å². The fraction of sp³-hybridized carbons (Fsp3) is 0.957. The molecule has 0 aliphatic rings. The second-order valence-corrected chi connectivity index (χ2v) is 16.3. The first-order valence-corrected chi connectivity index (χ1v) is 22.4. The lowest BCUT2D eigenvalue weighted by atomic mass is 9.87. The smallest absolute Gasteiger partial charge is 0.000397 e. The van der Waals surface area contributed by atoms with Crippen LogP contribution >= 0.6 is 0 Å². The van der Waals surface area contributed by atoms with E-state index < -0.39 is 0 Å². The largest absolute Gasteiger partial charge is 0.306 e. The molecule has 0 spiro atoms. The van der Waals surface area contributed by atoms with Gasteiger partial charge in [-0.25, -0.2) is 0 Å². The van der Waals surface area contributed by atoms with Crippen LogP contribution < -0.4 is 0 Å². The van der Waals surface area contributed by atoms with Gasteiger partial charge in [-0.15, -0.1) is 0 Å². The van der Waals surface area contributed by atoms with E-state index in [2.05, 4.69) is 46.2 Å². The molecular formula is C46H93N. The van der Waals surface area contributed by atoms with Gasteiger partial charge in [-0.1, -0.05) is 232 Å². The molecule has 1 unspecified atom stereocenters. The molecule has 0 aromatic carbocycles. The van der Waals surface area contributed by atoms with Gasteiger partial charge in [-0.3, -0.25) is 0 Å². The molecule has 282 valence electrons. The Labute approximate surface area is 300 Å². The predicted octanol–water partition coefficient (Wildman–Crippen LogP) is 16.4. The maximum absolute atomic E-state index is 4.57. The lowest BCUT2D eigenvalue weighted by molar-refractivity contribution is 0.268. The van der Waals surface area contributed by atoms with Crippen LogP contribution in [0, 0.1) is 11.8 Å². The number of hydrogen-bond acceptors (Lipinski definition) is 1. The van der Waals surface area contributed by atoms with Crippen molar-refractivity contribution in [1.29, 1.82) is 0 Å². The standard InChI is InChI=1S/C46H93N/c1-7-10-13-16-19-20-21-22-23-24-25-27-33-38-45(5)43-47(6)41-36-31-26-28-32-37-44(4)42-46(39-34-29-17-14-11-8-2)40-35-30-18-15-12-9-3/h45-46H,4,7-43H2,1-3,5-6H3. The highest BCUT2D eigenvalue weighted by molar-refractivity contribution is 4.95. The number of rotatable bonds is 40. The Morgan fingerprint density at radius 2 is 0.787 bits per heavy atom. The van der Waals surface area contributed by atoms with Crippen molar-refractivity contribution in [1.82, 2.24) is 4.90 Å². The van der Waals surface area contributed by atoms with Crippen LogP contribution in [0.25, 0.3) is 0 Å². The normalized spacial score (nSPS) is 12.5. The second kappa shape index (κ2) is 38.5. The van der Waals surface area contributed by atoms with Crippen molar-refractivity contribution in [2.45, 2.75) is 252 Å². The molecule has 0 saturated carbocycles. The minimum Gasteiger partial charge on any atom is -0.306 e. The monoisotopic (exact) mass is 660 g/mol. The fourth-order valence-electron chi connectivity index (χ4n) is 7.80. The highest BCUT2D eigenvalue weighted by atomic mass is 15.1. The van der Waals surface area contributed by atoms with Crippen molar-refractivity contribution in [2.24, 2.45) is 11.8 Å². The third-order valence-corrected chi connectivity index (χ3v) is 11.0. The molecule has 0 amide bonds. The molecule has 1 heteroatoms. The quantitative estimate of drug-likeness (QED) is 0.0467. The Morgan fingerprint density at radius 1 is 0.447 bits per heavy atom. The summed E-state index contributed by atoms with van der Waals surface area (Å²) in [5.74, 6) is 1.76. The molecular weight excluding hydrogens is 567 g/mol. The summed E-state index contributed by atoms with van der Waals surface area (Å²) in [6, 6.07) is 0. The van der Waals surface area contributed by atoms with Gasteiger partial charge in [0.1, 0.15) is 0 Å². The summed E-state index contributed by atoms with van der Waals surface area (Å²) in [5, 5.41) is 0. The van der Waals surface area contributed by atoms with Gasteiger partial charge >= 0.3 is 0 Å². The van der Waals surface area contributed by atoms with Crippen LogP contribution in [0.4, 0.5) is 0 Å². The minimum absolute atomic E-state index is 0.852. The van der Waals surface area contributed by atoms with Crippen molar-refractivity contribution < 1.29 is 0 Å². The van der Waals surface area contributed by atoms with E-state index in [4.69, 9.17) is 0 Å². The molecule has 0 aliphatic carbocycles. The molecule has 0 aliphatic heterocycles. The highest BCUT2D eigenvalue weighted by Gasteiger charge is 2.11. The lowest BCUT2D eigenvalue weighted by Gasteiger charge is -2.21. The van der Waals surface area contributed by atoms with Crippen LogP contribution in [0.15, 0.2) is 12.2 Å². The van der Waals surface area contributed by atoms with Crippen LogP contribution in [-0.2, 0) is 0 Å². The van der Waals surface area contributed by atoms with E-state index in [1.165, 1.54) is 238 Å². The Bertz CT molecular complexity index is 580. The van der Waals surface area contributed by atoms with Crippen molar-refractivity contribution in [3.63, 3.8) is 0 Å². The average molecular weight is 660 g/mol. The summed E-state index contributed by atoms with van der Waals surface area (Å²) >= 11 is 0. The third-order valence-electron chi connectivity index (χ3n) is 11.0. The molecule has 0 aromatic rings. The van der Waals surface area contributed by atoms with Crippen LogP contribution in [0.1, 0.15) is 252 Å². The highest BCUT2D eigenvalue weighted by Crippen LogP contribution is 2.27. The van der Waals surface area contributed by atoms with E-state index in [-0.39, 0.29) is 0 Å². The first-order chi connectivity index (χ1) is 23.0. The number of hydrogen-bond donors (Lipinski definition) is 0. The van der Waals surface area contributed by atoms with Gasteiger partial charge in [0.2, 0.25) is 0 Å². The fourth-order valence-corrected chi connectivity index (χ4v) is 7.80. The third kappa shape index (κ3) is 36.8. The topological polar surface area (TPSA) is 3.24 Å². The molecule has 0 rings (SSSR count). The first kappa shape index (κ1) is 46.7. The van der Waals surface area contributed by atoms with E-state index in [0.717, 1.165) is 11.8 Å². The summed E-state index contributed by atoms with van der Waals surface area (Å²) in [4.78, 5) is 2.61. The zero-order valence-corrected chi connectivity index (χ0v) is 34.0. The number of allylic oxidation sites excluding steroid dienone is 1. The van der Waals surface area contributed by atoms with Crippen LogP contribution in [0.5, 0.6) is 0 Å². The maximum Gasteiger partial charge on any atom is 0.000397 e. The van der Waals surface area contributed by atoms with Crippen molar-refractivity contribution in [3.05, 3.63) is 12.2 Å². The molecule has 0 bridgehead atoms. The van der Waals surface area contributed by atoms with E-state index >= 15 is 0 Å². The minimum atomic E-state index is 0.852. The van der Waals surface area contributed by atoms with E-state index in [1.807, 2.05) is 0 Å². The number of nitrogens with zero attached hydrogens (tertiary/aromatic N) is 1. The summed E-state index contributed by atoms with van der Waals surface area (Å²) in [6.07, 6.45) is 50.0. The molecule has 1 nitrogen and oxygen atoms in total. The van der Waals surface area contributed by atoms with Crippen molar-refractivity contribution in [3.8, 4) is 0 Å². The lowest BCUT2D eigenvalue weighted by Crippen LogP contribution is -2.25. The summed E-state index contributed by atoms with van der Waals surface area (Å²) in [5.41, 5.74) is 1.56.